The second-order valence-electron chi connectivity index (χ2n) is 5.12. The van der Waals surface area contributed by atoms with Gasteiger partial charge in [0, 0.05) is 12.1 Å². The summed E-state index contributed by atoms with van der Waals surface area (Å²) in [5, 5.41) is 11.4. The first kappa shape index (κ1) is 15.4. The highest BCUT2D eigenvalue weighted by Gasteiger charge is 2.36. The molecule has 1 fully saturated rings. The van der Waals surface area contributed by atoms with E-state index >= 15 is 0 Å². The summed E-state index contributed by atoms with van der Waals surface area (Å²) in [5.74, 6) is -3.40. The number of aliphatic carboxylic acids is 1. The van der Waals surface area contributed by atoms with Crippen molar-refractivity contribution in [3.05, 3.63) is 29.8 Å². The number of hydrogen-bond donors (Lipinski definition) is 2. The highest BCUT2D eigenvalue weighted by atomic mass is 19.1. The van der Waals surface area contributed by atoms with E-state index in [1.165, 1.54) is 0 Å². The Morgan fingerprint density at radius 3 is 2.71 bits per heavy atom. The number of rotatable bonds is 4. The SMILES string of the molecule is CC1C(C(=O)O)CCN1CC(=O)Nc1ccc(F)cc1F. The van der Waals surface area contributed by atoms with Crippen LogP contribution in [0.5, 0.6) is 0 Å². The number of hydrogen-bond acceptors (Lipinski definition) is 3. The summed E-state index contributed by atoms with van der Waals surface area (Å²) in [7, 11) is 0. The Bertz CT molecular complexity index is 565. The second kappa shape index (κ2) is 6.17. The fraction of sp³-hybridized carbons (Fsp3) is 0.429. The van der Waals surface area contributed by atoms with Gasteiger partial charge in [-0.1, -0.05) is 0 Å². The maximum atomic E-state index is 13.4. The molecule has 0 saturated carbocycles. The van der Waals surface area contributed by atoms with Crippen LogP contribution < -0.4 is 5.32 Å². The van der Waals surface area contributed by atoms with Gasteiger partial charge in [0.1, 0.15) is 11.6 Å². The highest BCUT2D eigenvalue weighted by molar-refractivity contribution is 5.92. The Hall–Kier alpha value is -2.02. The van der Waals surface area contributed by atoms with Gasteiger partial charge in [0.25, 0.3) is 0 Å². The number of carboxylic acids is 1. The normalized spacial score (nSPS) is 22.2. The van der Waals surface area contributed by atoms with Crippen LogP contribution >= 0.6 is 0 Å². The van der Waals surface area contributed by atoms with Crippen LogP contribution in [0.4, 0.5) is 14.5 Å². The number of halogens is 2. The predicted molar refractivity (Wildman–Crippen MR) is 71.8 cm³/mol. The van der Waals surface area contributed by atoms with Crippen molar-refractivity contribution in [3.8, 4) is 0 Å². The molecule has 5 nitrogen and oxygen atoms in total. The number of nitrogens with zero attached hydrogens (tertiary/aromatic N) is 1. The quantitative estimate of drug-likeness (QED) is 0.887. The number of nitrogens with one attached hydrogen (secondary N) is 1. The lowest BCUT2D eigenvalue weighted by Crippen LogP contribution is -2.38. The van der Waals surface area contributed by atoms with Crippen LogP contribution in [0.15, 0.2) is 18.2 Å². The van der Waals surface area contributed by atoms with Crippen LogP contribution in [0.1, 0.15) is 13.3 Å². The minimum atomic E-state index is -0.880. The first-order valence-corrected chi connectivity index (χ1v) is 6.60. The number of amides is 1. The minimum absolute atomic E-state index is 0.0260. The van der Waals surface area contributed by atoms with Crippen LogP contribution in [0.3, 0.4) is 0 Å². The first-order chi connectivity index (χ1) is 9.88. The zero-order valence-corrected chi connectivity index (χ0v) is 11.5. The van der Waals surface area contributed by atoms with E-state index in [2.05, 4.69) is 5.32 Å². The minimum Gasteiger partial charge on any atom is -0.481 e. The van der Waals surface area contributed by atoms with Crippen molar-refractivity contribution in [2.75, 3.05) is 18.4 Å². The summed E-state index contributed by atoms with van der Waals surface area (Å²) in [6.45, 7) is 2.22. The first-order valence-electron chi connectivity index (χ1n) is 6.60. The molecule has 114 valence electrons. The standard InChI is InChI=1S/C14H16F2N2O3/c1-8-10(14(20)21)4-5-18(8)7-13(19)17-12-3-2-9(15)6-11(12)16/h2-3,6,8,10H,4-5,7H2,1H3,(H,17,19)(H,20,21). The van der Waals surface area contributed by atoms with Gasteiger partial charge in [-0.25, -0.2) is 8.78 Å². The van der Waals surface area contributed by atoms with Gasteiger partial charge in [0.05, 0.1) is 18.2 Å². The van der Waals surface area contributed by atoms with Crippen molar-refractivity contribution < 1.29 is 23.5 Å². The van der Waals surface area contributed by atoms with E-state index in [1.807, 2.05) is 0 Å². The third kappa shape index (κ3) is 3.55. The summed E-state index contributed by atoms with van der Waals surface area (Å²) in [6, 6.07) is 2.63. The van der Waals surface area contributed by atoms with Crippen LogP contribution in [0.25, 0.3) is 0 Å². The predicted octanol–water partition coefficient (Wildman–Crippen LogP) is 1.70. The molecular weight excluding hydrogens is 282 g/mol. The number of carbonyl (C=O) groups excluding carboxylic acids is 1. The molecule has 1 saturated heterocycles. The Morgan fingerprint density at radius 2 is 2.14 bits per heavy atom. The van der Waals surface area contributed by atoms with E-state index in [-0.39, 0.29) is 18.3 Å². The number of likely N-dealkylation sites (tertiary alicyclic amines) is 1. The fourth-order valence-electron chi connectivity index (χ4n) is 2.52. The van der Waals surface area contributed by atoms with Gasteiger partial charge in [-0.15, -0.1) is 0 Å². The highest BCUT2D eigenvalue weighted by Crippen LogP contribution is 2.24. The summed E-state index contributed by atoms with van der Waals surface area (Å²) < 4.78 is 26.2. The molecule has 21 heavy (non-hydrogen) atoms. The van der Waals surface area contributed by atoms with E-state index in [9.17, 15) is 18.4 Å². The van der Waals surface area contributed by atoms with Crippen LogP contribution in [0.2, 0.25) is 0 Å². The molecule has 2 unspecified atom stereocenters. The molecule has 2 N–H and O–H groups in total. The molecule has 0 aliphatic carbocycles. The van der Waals surface area contributed by atoms with E-state index < -0.39 is 29.4 Å². The molecule has 1 aromatic rings. The van der Waals surface area contributed by atoms with Crippen molar-refractivity contribution in [3.63, 3.8) is 0 Å². The molecule has 1 amide bonds. The Morgan fingerprint density at radius 1 is 1.43 bits per heavy atom. The maximum absolute atomic E-state index is 13.4. The van der Waals surface area contributed by atoms with Crippen molar-refractivity contribution in [2.24, 2.45) is 5.92 Å². The number of anilines is 1. The van der Waals surface area contributed by atoms with E-state index in [0.29, 0.717) is 19.0 Å². The van der Waals surface area contributed by atoms with E-state index in [1.54, 1.807) is 11.8 Å². The lowest BCUT2D eigenvalue weighted by molar-refractivity contribution is -0.142. The smallest absolute Gasteiger partial charge is 0.308 e. The van der Waals surface area contributed by atoms with Crippen LogP contribution in [0, 0.1) is 17.6 Å². The molecule has 0 radical (unpaired) electrons. The Balaban J connectivity index is 1.95. The lowest BCUT2D eigenvalue weighted by atomic mass is 10.0. The summed E-state index contributed by atoms with van der Waals surface area (Å²) in [6.07, 6.45) is 0.481. The topological polar surface area (TPSA) is 69.6 Å². The molecule has 1 aromatic carbocycles. The number of carbonyl (C=O) groups is 2. The van der Waals surface area contributed by atoms with Gasteiger partial charge in [0.2, 0.25) is 5.91 Å². The summed E-state index contributed by atoms with van der Waals surface area (Å²) >= 11 is 0. The van der Waals surface area contributed by atoms with Crippen molar-refractivity contribution in [1.29, 1.82) is 0 Å². The largest absolute Gasteiger partial charge is 0.481 e. The molecule has 7 heteroatoms. The average Bonchev–Trinajstić information content (AvgIpc) is 2.74. The molecule has 1 aliphatic heterocycles. The Kier molecular flexibility index (Phi) is 4.52. The molecule has 2 atom stereocenters. The van der Waals surface area contributed by atoms with Gasteiger partial charge in [-0.2, -0.15) is 0 Å². The van der Waals surface area contributed by atoms with E-state index in [4.69, 9.17) is 5.11 Å². The molecule has 0 bridgehead atoms. The number of carboxylic acid groups (broad SMARTS) is 1. The monoisotopic (exact) mass is 298 g/mol. The third-order valence-corrected chi connectivity index (χ3v) is 3.75. The number of benzene rings is 1. The van der Waals surface area contributed by atoms with Gasteiger partial charge < -0.3 is 10.4 Å². The molecular formula is C14H16F2N2O3. The fourth-order valence-corrected chi connectivity index (χ4v) is 2.52. The molecule has 0 aromatic heterocycles. The van der Waals surface area contributed by atoms with E-state index in [0.717, 1.165) is 12.1 Å². The van der Waals surface area contributed by atoms with Gasteiger partial charge in [-0.3, -0.25) is 14.5 Å². The van der Waals surface area contributed by atoms with Crippen LogP contribution in [-0.4, -0.2) is 41.0 Å². The average molecular weight is 298 g/mol. The summed E-state index contributed by atoms with van der Waals surface area (Å²) in [5.41, 5.74) is -0.0944. The maximum Gasteiger partial charge on any atom is 0.308 e. The lowest BCUT2D eigenvalue weighted by Gasteiger charge is -2.22. The Labute approximate surface area is 120 Å². The zero-order valence-electron chi connectivity index (χ0n) is 11.5. The molecule has 1 aliphatic rings. The third-order valence-electron chi connectivity index (χ3n) is 3.75. The van der Waals surface area contributed by atoms with Crippen molar-refractivity contribution in [1.82, 2.24) is 4.90 Å². The van der Waals surface area contributed by atoms with Gasteiger partial charge in [0.15, 0.2) is 0 Å². The molecule has 2 rings (SSSR count). The zero-order chi connectivity index (χ0) is 15.6. The second-order valence-corrected chi connectivity index (χ2v) is 5.12. The van der Waals surface area contributed by atoms with Gasteiger partial charge >= 0.3 is 5.97 Å². The van der Waals surface area contributed by atoms with Crippen LogP contribution in [-0.2, 0) is 9.59 Å². The molecule has 0 spiro atoms. The van der Waals surface area contributed by atoms with Gasteiger partial charge in [-0.05, 0) is 32.0 Å². The molecule has 1 heterocycles. The van der Waals surface area contributed by atoms with Crippen molar-refractivity contribution in [2.45, 2.75) is 19.4 Å². The van der Waals surface area contributed by atoms with Crippen molar-refractivity contribution >= 4 is 17.6 Å². The summed E-state index contributed by atoms with van der Waals surface area (Å²) in [4.78, 5) is 24.6.